The number of aryl methyl sites for hydroxylation is 2. The van der Waals surface area contributed by atoms with Crippen LogP contribution in [0.15, 0.2) is 6.07 Å². The van der Waals surface area contributed by atoms with E-state index in [9.17, 15) is 9.59 Å². The Morgan fingerprint density at radius 1 is 1.35 bits per heavy atom. The van der Waals surface area contributed by atoms with E-state index in [1.54, 1.807) is 20.5 Å². The molecule has 2 heterocycles. The van der Waals surface area contributed by atoms with Gasteiger partial charge in [0, 0.05) is 38.9 Å². The number of piperazine rings is 1. The van der Waals surface area contributed by atoms with E-state index in [4.69, 9.17) is 0 Å². The van der Waals surface area contributed by atoms with Gasteiger partial charge in [-0.25, -0.2) is 0 Å². The minimum atomic E-state index is -0.0563. The average Bonchev–Trinajstić information content (AvgIpc) is 2.69. The van der Waals surface area contributed by atoms with E-state index in [0.29, 0.717) is 31.9 Å². The highest BCUT2D eigenvalue weighted by molar-refractivity contribution is 5.92. The molecule has 0 N–H and O–H groups in total. The van der Waals surface area contributed by atoms with Gasteiger partial charge in [0.25, 0.3) is 5.91 Å². The fourth-order valence-electron chi connectivity index (χ4n) is 1.86. The van der Waals surface area contributed by atoms with Gasteiger partial charge in [-0.05, 0) is 13.0 Å². The van der Waals surface area contributed by atoms with Crippen LogP contribution in [-0.2, 0) is 11.8 Å². The largest absolute Gasteiger partial charge is 0.342 e. The molecule has 2 rings (SSSR count). The van der Waals surface area contributed by atoms with E-state index in [1.165, 1.54) is 0 Å². The zero-order valence-electron chi connectivity index (χ0n) is 10.1. The first-order chi connectivity index (χ1) is 8.11. The van der Waals surface area contributed by atoms with Crippen LogP contribution in [0.25, 0.3) is 0 Å². The van der Waals surface area contributed by atoms with Gasteiger partial charge in [0.1, 0.15) is 0 Å². The van der Waals surface area contributed by atoms with Crippen LogP contribution in [0.5, 0.6) is 0 Å². The van der Waals surface area contributed by atoms with Crippen LogP contribution in [0.2, 0.25) is 0 Å². The van der Waals surface area contributed by atoms with Gasteiger partial charge >= 0.3 is 0 Å². The van der Waals surface area contributed by atoms with Gasteiger partial charge in [-0.2, -0.15) is 5.10 Å². The maximum Gasteiger partial charge on any atom is 0.274 e. The van der Waals surface area contributed by atoms with Crippen molar-refractivity contribution in [2.24, 2.45) is 7.05 Å². The van der Waals surface area contributed by atoms with E-state index in [2.05, 4.69) is 5.10 Å². The van der Waals surface area contributed by atoms with E-state index < -0.39 is 0 Å². The van der Waals surface area contributed by atoms with Crippen LogP contribution in [0.1, 0.15) is 16.2 Å². The molecule has 6 heteroatoms. The molecule has 1 aliphatic heterocycles. The third-order valence-electron chi connectivity index (χ3n) is 3.08. The molecule has 1 aromatic heterocycles. The third-order valence-corrected chi connectivity index (χ3v) is 3.08. The maximum absolute atomic E-state index is 12.1. The molecule has 0 atom stereocenters. The topological polar surface area (TPSA) is 58.4 Å². The van der Waals surface area contributed by atoms with Crippen LogP contribution < -0.4 is 0 Å². The van der Waals surface area contributed by atoms with Gasteiger partial charge in [0.2, 0.25) is 6.41 Å². The van der Waals surface area contributed by atoms with Crippen LogP contribution in [0.3, 0.4) is 0 Å². The number of hydrogen-bond acceptors (Lipinski definition) is 3. The van der Waals surface area contributed by atoms with Gasteiger partial charge in [-0.15, -0.1) is 0 Å². The normalized spacial score (nSPS) is 16.1. The first-order valence-electron chi connectivity index (χ1n) is 5.61. The van der Waals surface area contributed by atoms with Crippen molar-refractivity contribution in [2.45, 2.75) is 6.92 Å². The van der Waals surface area contributed by atoms with Crippen LogP contribution in [0.4, 0.5) is 0 Å². The number of rotatable bonds is 2. The molecule has 6 nitrogen and oxygen atoms in total. The van der Waals surface area contributed by atoms with Gasteiger partial charge in [-0.1, -0.05) is 0 Å². The molecule has 0 aliphatic carbocycles. The molecule has 1 fully saturated rings. The van der Waals surface area contributed by atoms with E-state index >= 15 is 0 Å². The summed E-state index contributed by atoms with van der Waals surface area (Å²) >= 11 is 0. The van der Waals surface area contributed by atoms with Crippen molar-refractivity contribution in [1.29, 1.82) is 0 Å². The van der Waals surface area contributed by atoms with Crippen molar-refractivity contribution in [3.63, 3.8) is 0 Å². The molecule has 0 bridgehead atoms. The zero-order chi connectivity index (χ0) is 12.4. The SMILES string of the molecule is Cc1cc(C(=O)N2CCN(C=O)CC2)nn1C. The Balaban J connectivity index is 2.04. The summed E-state index contributed by atoms with van der Waals surface area (Å²) in [7, 11) is 1.82. The Bertz CT molecular complexity index is 413. The number of aromatic nitrogens is 2. The van der Waals surface area contributed by atoms with Crippen molar-refractivity contribution in [2.75, 3.05) is 26.2 Å². The molecule has 0 aromatic carbocycles. The molecule has 17 heavy (non-hydrogen) atoms. The van der Waals surface area contributed by atoms with Crippen molar-refractivity contribution >= 4 is 12.3 Å². The molecule has 92 valence electrons. The maximum atomic E-state index is 12.1. The Morgan fingerprint density at radius 2 is 2.00 bits per heavy atom. The molecular weight excluding hydrogens is 220 g/mol. The first-order valence-corrected chi connectivity index (χ1v) is 5.61. The third kappa shape index (κ3) is 2.30. The monoisotopic (exact) mass is 236 g/mol. The fourth-order valence-corrected chi connectivity index (χ4v) is 1.86. The summed E-state index contributed by atoms with van der Waals surface area (Å²) in [6.07, 6.45) is 0.826. The Kier molecular flexibility index (Phi) is 3.12. The van der Waals surface area contributed by atoms with Crippen molar-refractivity contribution in [1.82, 2.24) is 19.6 Å². The number of amides is 2. The van der Waals surface area contributed by atoms with Gasteiger partial charge in [0.15, 0.2) is 5.69 Å². The molecule has 0 radical (unpaired) electrons. The van der Waals surface area contributed by atoms with Gasteiger partial charge in [0.05, 0.1) is 0 Å². The van der Waals surface area contributed by atoms with E-state index in [0.717, 1.165) is 12.1 Å². The van der Waals surface area contributed by atoms with Crippen LogP contribution in [0, 0.1) is 6.92 Å². The smallest absolute Gasteiger partial charge is 0.274 e. The van der Waals surface area contributed by atoms with Gasteiger partial charge in [-0.3, -0.25) is 14.3 Å². The standard InChI is InChI=1S/C11H16N4O2/c1-9-7-10(12-13(9)2)11(17)15-5-3-14(8-16)4-6-15/h7-8H,3-6H2,1-2H3. The Labute approximate surface area is 99.8 Å². The summed E-state index contributed by atoms with van der Waals surface area (Å²) in [4.78, 5) is 26.1. The second-order valence-electron chi connectivity index (χ2n) is 4.23. The number of hydrogen-bond donors (Lipinski definition) is 0. The van der Waals surface area contributed by atoms with E-state index in [-0.39, 0.29) is 5.91 Å². The minimum Gasteiger partial charge on any atom is -0.342 e. The lowest BCUT2D eigenvalue weighted by Crippen LogP contribution is -2.48. The summed E-state index contributed by atoms with van der Waals surface area (Å²) in [5, 5.41) is 4.17. The molecule has 0 saturated carbocycles. The lowest BCUT2D eigenvalue weighted by molar-refractivity contribution is -0.119. The fraction of sp³-hybridized carbons (Fsp3) is 0.545. The van der Waals surface area contributed by atoms with Crippen molar-refractivity contribution < 1.29 is 9.59 Å². The van der Waals surface area contributed by atoms with Crippen molar-refractivity contribution in [3.8, 4) is 0 Å². The molecule has 1 aromatic rings. The number of carbonyl (C=O) groups is 2. The lowest BCUT2D eigenvalue weighted by Gasteiger charge is -2.32. The summed E-state index contributed by atoms with van der Waals surface area (Å²) in [5.41, 5.74) is 1.43. The average molecular weight is 236 g/mol. The number of nitrogens with zero attached hydrogens (tertiary/aromatic N) is 4. The highest BCUT2D eigenvalue weighted by Crippen LogP contribution is 2.08. The van der Waals surface area contributed by atoms with Gasteiger partial charge < -0.3 is 9.80 Å². The quantitative estimate of drug-likeness (QED) is 0.659. The highest BCUT2D eigenvalue weighted by atomic mass is 16.2. The zero-order valence-corrected chi connectivity index (χ0v) is 10.1. The number of carbonyl (C=O) groups excluding carboxylic acids is 2. The molecule has 1 saturated heterocycles. The van der Waals surface area contributed by atoms with Crippen LogP contribution >= 0.6 is 0 Å². The lowest BCUT2D eigenvalue weighted by atomic mass is 10.3. The minimum absolute atomic E-state index is 0.0563. The van der Waals surface area contributed by atoms with Crippen LogP contribution in [-0.4, -0.2) is 58.1 Å². The second kappa shape index (κ2) is 4.57. The second-order valence-corrected chi connectivity index (χ2v) is 4.23. The molecular formula is C11H16N4O2. The summed E-state index contributed by atoms with van der Waals surface area (Å²) in [6.45, 7) is 4.26. The first kappa shape index (κ1) is 11.6. The van der Waals surface area contributed by atoms with Crippen molar-refractivity contribution in [3.05, 3.63) is 17.5 Å². The highest BCUT2D eigenvalue weighted by Gasteiger charge is 2.23. The van der Waals surface area contributed by atoms with E-state index in [1.807, 2.05) is 14.0 Å². The Morgan fingerprint density at radius 3 is 2.47 bits per heavy atom. The summed E-state index contributed by atoms with van der Waals surface area (Å²) in [5.74, 6) is -0.0563. The summed E-state index contributed by atoms with van der Waals surface area (Å²) < 4.78 is 1.69. The predicted octanol–water partition coefficient (Wildman–Crippen LogP) is -0.357. The molecule has 0 unspecified atom stereocenters. The molecule has 0 spiro atoms. The summed E-state index contributed by atoms with van der Waals surface area (Å²) in [6, 6.07) is 1.79. The molecule has 1 aliphatic rings. The Hall–Kier alpha value is -1.85. The predicted molar refractivity (Wildman–Crippen MR) is 61.5 cm³/mol. The molecule has 2 amide bonds.